The van der Waals surface area contributed by atoms with Crippen LogP contribution in [0.15, 0.2) is 0 Å². The quantitative estimate of drug-likeness (QED) is 0.660. The van der Waals surface area contributed by atoms with E-state index in [9.17, 15) is 0 Å². The summed E-state index contributed by atoms with van der Waals surface area (Å²) in [6.07, 6.45) is 0. The molecule has 0 rings (SSSR count). The van der Waals surface area contributed by atoms with E-state index in [0.29, 0.717) is 13.2 Å². The average molecular weight is 240 g/mol. The third kappa shape index (κ3) is 11.1. The Kier molecular flexibility index (Phi) is 16.3. The molecule has 44 valence electrons. The predicted molar refractivity (Wildman–Crippen MR) is 23.8 cm³/mol. The van der Waals surface area contributed by atoms with Gasteiger partial charge in [-0.2, -0.15) is 0 Å². The molecule has 7 heavy (non-hydrogen) atoms. The van der Waals surface area contributed by atoms with Crippen molar-refractivity contribution in [3.8, 4) is 0 Å². The van der Waals surface area contributed by atoms with Crippen molar-refractivity contribution in [2.75, 3.05) is 27.4 Å². The summed E-state index contributed by atoms with van der Waals surface area (Å²) >= 11 is 0. The summed E-state index contributed by atoms with van der Waals surface area (Å²) in [5.74, 6) is 0. The predicted octanol–water partition coefficient (Wildman–Crippen LogP) is 0.279. The second-order valence-electron chi connectivity index (χ2n) is 0.986. The van der Waals surface area contributed by atoms with Crippen molar-refractivity contribution in [3.05, 3.63) is 0 Å². The largest absolute Gasteiger partial charge is 0.382 e. The van der Waals surface area contributed by atoms with Crippen LogP contribution < -0.4 is 0 Å². The first-order valence-corrected chi connectivity index (χ1v) is 1.89. The number of methoxy groups -OCH3 is 2. The van der Waals surface area contributed by atoms with Gasteiger partial charge in [0.25, 0.3) is 0 Å². The van der Waals surface area contributed by atoms with Crippen molar-refractivity contribution in [2.24, 2.45) is 0 Å². The maximum absolute atomic E-state index is 4.66. The molecule has 0 spiro atoms. The molecule has 0 bridgehead atoms. The summed E-state index contributed by atoms with van der Waals surface area (Å²) in [6, 6.07) is 0. The molecule has 0 unspecified atom stereocenters. The number of hydrogen-bond acceptors (Lipinski definition) is 2. The Bertz CT molecular complexity index is 21.7. The SMILES string of the molecule is COCCOC.[Sm]. The van der Waals surface area contributed by atoms with Crippen LogP contribution in [0.2, 0.25) is 0 Å². The maximum atomic E-state index is 4.66. The molecule has 0 aliphatic rings. The van der Waals surface area contributed by atoms with Gasteiger partial charge in [0.2, 0.25) is 0 Å². The molecule has 0 aliphatic carbocycles. The molecule has 0 saturated carbocycles. The fourth-order valence-electron chi connectivity index (χ4n) is 0.167. The molecular formula is C4H10O2Sm. The summed E-state index contributed by atoms with van der Waals surface area (Å²) in [7, 11) is 3.30. The first-order valence-electron chi connectivity index (χ1n) is 1.89. The Morgan fingerprint density at radius 1 is 1.00 bits per heavy atom. The fraction of sp³-hybridized carbons (Fsp3) is 1.00. The second-order valence-corrected chi connectivity index (χ2v) is 0.986. The molecule has 0 amide bonds. The van der Waals surface area contributed by atoms with Gasteiger partial charge in [-0.05, 0) is 0 Å². The normalized spacial score (nSPS) is 7.71. The monoisotopic (exact) mass is 242 g/mol. The van der Waals surface area contributed by atoms with Crippen LogP contribution in [-0.4, -0.2) is 27.4 Å². The first kappa shape index (κ1) is 11.1. The molecule has 0 fully saturated rings. The minimum Gasteiger partial charge on any atom is -0.382 e. The Hall–Kier alpha value is 1.26. The number of hydrogen-bond donors (Lipinski definition) is 0. The van der Waals surface area contributed by atoms with Crippen LogP contribution in [0.3, 0.4) is 0 Å². The summed E-state index contributed by atoms with van der Waals surface area (Å²) in [4.78, 5) is 0. The average Bonchev–Trinajstić information content (AvgIpc) is 1.61. The van der Waals surface area contributed by atoms with Gasteiger partial charge in [-0.15, -0.1) is 0 Å². The smallest absolute Gasteiger partial charge is 0.0696 e. The van der Waals surface area contributed by atoms with E-state index in [0.717, 1.165) is 0 Å². The molecule has 2 nitrogen and oxygen atoms in total. The van der Waals surface area contributed by atoms with Gasteiger partial charge in [-0.3, -0.25) is 0 Å². The van der Waals surface area contributed by atoms with E-state index in [1.54, 1.807) is 14.2 Å². The zero-order valence-electron chi connectivity index (χ0n) is 4.64. The van der Waals surface area contributed by atoms with E-state index >= 15 is 0 Å². The summed E-state index contributed by atoms with van der Waals surface area (Å²) < 4.78 is 9.31. The van der Waals surface area contributed by atoms with E-state index in [1.807, 2.05) is 0 Å². The van der Waals surface area contributed by atoms with Gasteiger partial charge in [-0.25, -0.2) is 0 Å². The van der Waals surface area contributed by atoms with E-state index in [1.165, 1.54) is 0 Å². The molecule has 0 aromatic carbocycles. The van der Waals surface area contributed by atoms with Gasteiger partial charge < -0.3 is 9.47 Å². The minimum atomic E-state index is 0. The molecule has 0 saturated heterocycles. The minimum absolute atomic E-state index is 0. The maximum Gasteiger partial charge on any atom is 0.0696 e. The topological polar surface area (TPSA) is 18.5 Å². The van der Waals surface area contributed by atoms with Gasteiger partial charge in [0.1, 0.15) is 0 Å². The van der Waals surface area contributed by atoms with Crippen molar-refractivity contribution in [1.29, 1.82) is 0 Å². The second kappa shape index (κ2) is 10.3. The van der Waals surface area contributed by atoms with Crippen LogP contribution >= 0.6 is 0 Å². The van der Waals surface area contributed by atoms with E-state index < -0.39 is 0 Å². The van der Waals surface area contributed by atoms with Crippen molar-refractivity contribution in [3.63, 3.8) is 0 Å². The fourth-order valence-corrected chi connectivity index (χ4v) is 0.167. The van der Waals surface area contributed by atoms with E-state index in [4.69, 9.17) is 0 Å². The van der Waals surface area contributed by atoms with Crippen LogP contribution in [0, 0.1) is 40.4 Å². The zero-order chi connectivity index (χ0) is 4.83. The zero-order valence-corrected chi connectivity index (χ0v) is 7.26. The van der Waals surface area contributed by atoms with Crippen LogP contribution in [0.4, 0.5) is 0 Å². The van der Waals surface area contributed by atoms with Gasteiger partial charge >= 0.3 is 0 Å². The van der Waals surface area contributed by atoms with Crippen molar-refractivity contribution in [2.45, 2.75) is 0 Å². The molecule has 0 aromatic heterocycles. The third-order valence-corrected chi connectivity index (χ3v) is 0.492. The van der Waals surface area contributed by atoms with Gasteiger partial charge in [-0.1, -0.05) is 0 Å². The van der Waals surface area contributed by atoms with Crippen molar-refractivity contribution in [1.82, 2.24) is 0 Å². The number of rotatable bonds is 3. The Morgan fingerprint density at radius 3 is 1.43 bits per heavy atom. The van der Waals surface area contributed by atoms with E-state index in [2.05, 4.69) is 9.47 Å². The molecule has 0 aromatic rings. The van der Waals surface area contributed by atoms with Crippen molar-refractivity contribution < 1.29 is 49.9 Å². The third-order valence-electron chi connectivity index (χ3n) is 0.492. The Balaban J connectivity index is 0. The molecule has 0 radical (unpaired) electrons. The molecule has 3 heteroatoms. The Labute approximate surface area is 76.7 Å². The van der Waals surface area contributed by atoms with Crippen LogP contribution in [0.5, 0.6) is 0 Å². The summed E-state index contributed by atoms with van der Waals surface area (Å²) in [5, 5.41) is 0. The standard InChI is InChI=1S/C4H10O2.Sm/c1-5-3-4-6-2;/h3-4H2,1-2H3;. The van der Waals surface area contributed by atoms with Gasteiger partial charge in [0.15, 0.2) is 0 Å². The number of ether oxygens (including phenoxy) is 2. The molecule has 0 heterocycles. The molecule has 0 N–H and O–H groups in total. The van der Waals surface area contributed by atoms with E-state index in [-0.39, 0.29) is 40.4 Å². The van der Waals surface area contributed by atoms with Crippen LogP contribution in [0.1, 0.15) is 0 Å². The van der Waals surface area contributed by atoms with Crippen LogP contribution in [-0.2, 0) is 9.47 Å². The van der Waals surface area contributed by atoms with Gasteiger partial charge in [0, 0.05) is 54.6 Å². The van der Waals surface area contributed by atoms with Crippen molar-refractivity contribution >= 4 is 0 Å². The Morgan fingerprint density at radius 2 is 1.29 bits per heavy atom. The summed E-state index contributed by atoms with van der Waals surface area (Å²) in [6.45, 7) is 1.38. The first-order chi connectivity index (χ1) is 2.91. The molecular weight excluding hydrogens is 230 g/mol. The van der Waals surface area contributed by atoms with Crippen LogP contribution in [0.25, 0.3) is 0 Å². The molecule has 0 aliphatic heterocycles. The molecule has 0 atom stereocenters. The summed E-state index contributed by atoms with van der Waals surface area (Å²) in [5.41, 5.74) is 0. The van der Waals surface area contributed by atoms with Gasteiger partial charge in [0.05, 0.1) is 13.2 Å².